The topological polar surface area (TPSA) is 100 Å². The van der Waals surface area contributed by atoms with E-state index in [0.29, 0.717) is 4.88 Å². The van der Waals surface area contributed by atoms with E-state index in [0.717, 1.165) is 29.3 Å². The Labute approximate surface area is 185 Å². The van der Waals surface area contributed by atoms with E-state index >= 15 is 0 Å². The normalized spacial score (nSPS) is 12.0. The Morgan fingerprint density at radius 1 is 1.06 bits per heavy atom. The molecule has 3 rings (SSSR count). The highest BCUT2D eigenvalue weighted by Crippen LogP contribution is 2.20. The predicted octanol–water partition coefficient (Wildman–Crippen LogP) is 3.42. The molecule has 3 aromatic rings. The van der Waals surface area contributed by atoms with Gasteiger partial charge < -0.3 is 20.4 Å². The molecule has 0 fully saturated rings. The van der Waals surface area contributed by atoms with E-state index in [-0.39, 0.29) is 30.9 Å². The van der Waals surface area contributed by atoms with Crippen molar-refractivity contribution < 1.29 is 19.1 Å². The summed E-state index contributed by atoms with van der Waals surface area (Å²) in [7, 11) is 0. The number of H-pyrrole nitrogens is 1. The van der Waals surface area contributed by atoms with Crippen LogP contribution in [0.3, 0.4) is 0 Å². The predicted molar refractivity (Wildman–Crippen MR) is 121 cm³/mol. The van der Waals surface area contributed by atoms with Crippen molar-refractivity contribution in [2.24, 2.45) is 0 Å². The van der Waals surface area contributed by atoms with E-state index in [1.165, 1.54) is 11.3 Å². The minimum Gasteiger partial charge on any atom is -0.454 e. The molecule has 0 radical (unpaired) electrons. The molecule has 31 heavy (non-hydrogen) atoms. The molecule has 2 amide bonds. The van der Waals surface area contributed by atoms with Crippen molar-refractivity contribution in [3.8, 4) is 0 Å². The van der Waals surface area contributed by atoms with Gasteiger partial charge in [0, 0.05) is 29.6 Å². The Kier molecular flexibility index (Phi) is 7.83. The molecule has 1 atom stereocenters. The summed E-state index contributed by atoms with van der Waals surface area (Å²) in [4.78, 5) is 41.2. The van der Waals surface area contributed by atoms with Gasteiger partial charge in [-0.25, -0.2) is 4.79 Å². The number of rotatable bonds is 10. The van der Waals surface area contributed by atoms with Crippen LogP contribution in [0.4, 0.5) is 0 Å². The summed E-state index contributed by atoms with van der Waals surface area (Å²) in [5, 5.41) is 8.36. The number of carbonyl (C=O) groups is 3. The van der Waals surface area contributed by atoms with Crippen LogP contribution >= 0.6 is 11.3 Å². The first kappa shape index (κ1) is 22.6. The number of amides is 2. The minimum absolute atomic E-state index is 0.0479. The maximum absolute atomic E-state index is 12.8. The molecule has 0 bridgehead atoms. The van der Waals surface area contributed by atoms with E-state index in [4.69, 9.17) is 4.74 Å². The van der Waals surface area contributed by atoms with Crippen LogP contribution in [0.15, 0.2) is 48.0 Å². The third kappa shape index (κ3) is 5.95. The molecule has 2 aromatic heterocycles. The molecular formula is C23H27N3O4S. The largest absolute Gasteiger partial charge is 0.454 e. The summed E-state index contributed by atoms with van der Waals surface area (Å²) in [5.41, 5.74) is 1.82. The molecule has 0 aliphatic carbocycles. The maximum Gasteiger partial charge on any atom is 0.329 e. The monoisotopic (exact) mass is 441 g/mol. The highest BCUT2D eigenvalue weighted by atomic mass is 32.1. The molecule has 0 saturated heterocycles. The second-order valence-corrected chi connectivity index (χ2v) is 8.20. The summed E-state index contributed by atoms with van der Waals surface area (Å²) in [6, 6.07) is 10.3. The Bertz CT molecular complexity index is 1020. The lowest BCUT2D eigenvalue weighted by atomic mass is 10.0. The zero-order valence-electron chi connectivity index (χ0n) is 17.6. The fraction of sp³-hybridized carbons (Fsp3) is 0.348. The lowest BCUT2D eigenvalue weighted by Gasteiger charge is -2.18. The number of aromatic amines is 1. The molecule has 3 N–H and O–H groups in total. The number of ether oxygens (including phenoxy) is 1. The van der Waals surface area contributed by atoms with Crippen LogP contribution in [0.1, 0.15) is 41.9 Å². The molecule has 8 heteroatoms. The second-order valence-electron chi connectivity index (χ2n) is 7.26. The van der Waals surface area contributed by atoms with Gasteiger partial charge in [0.15, 0.2) is 6.61 Å². The maximum atomic E-state index is 12.8. The standard InChI is InChI=1S/C23H27N3O4S/c1-3-16(4-2)25-21(27)14-30-23(29)19(26-22(28)20-10-7-11-31-20)12-15-13-24-18-9-6-5-8-17(15)18/h5-11,13,16,19,24H,3-4,12,14H2,1-2H3,(H,25,27)(H,26,28). The van der Waals surface area contributed by atoms with Gasteiger partial charge >= 0.3 is 5.97 Å². The Balaban J connectivity index is 1.71. The Morgan fingerprint density at radius 3 is 2.55 bits per heavy atom. The van der Waals surface area contributed by atoms with E-state index < -0.39 is 12.0 Å². The average Bonchev–Trinajstić information content (AvgIpc) is 3.46. The van der Waals surface area contributed by atoms with Crippen LogP contribution in [0.25, 0.3) is 10.9 Å². The quantitative estimate of drug-likeness (QED) is 0.420. The van der Waals surface area contributed by atoms with Gasteiger partial charge in [0.05, 0.1) is 4.88 Å². The number of para-hydroxylation sites is 1. The third-order valence-corrected chi connectivity index (χ3v) is 6.00. The number of carbonyl (C=O) groups excluding carboxylic acids is 3. The number of aromatic nitrogens is 1. The van der Waals surface area contributed by atoms with Crippen molar-refractivity contribution in [1.82, 2.24) is 15.6 Å². The minimum atomic E-state index is -0.922. The van der Waals surface area contributed by atoms with Crippen molar-refractivity contribution in [1.29, 1.82) is 0 Å². The first-order valence-electron chi connectivity index (χ1n) is 10.4. The fourth-order valence-corrected chi connectivity index (χ4v) is 3.98. The first-order valence-corrected chi connectivity index (χ1v) is 11.2. The van der Waals surface area contributed by atoms with Gasteiger partial charge in [0.1, 0.15) is 6.04 Å². The summed E-state index contributed by atoms with van der Waals surface area (Å²) in [6.07, 6.45) is 3.67. The van der Waals surface area contributed by atoms with Crippen LogP contribution in [-0.4, -0.2) is 41.5 Å². The fourth-order valence-electron chi connectivity index (χ4n) is 3.35. The second kappa shape index (κ2) is 10.8. The molecular weight excluding hydrogens is 414 g/mol. The Hall–Kier alpha value is -3.13. The van der Waals surface area contributed by atoms with E-state index in [1.807, 2.05) is 44.3 Å². The van der Waals surface area contributed by atoms with E-state index in [1.54, 1.807) is 17.5 Å². The molecule has 0 aliphatic heterocycles. The molecule has 164 valence electrons. The summed E-state index contributed by atoms with van der Waals surface area (Å²) < 4.78 is 5.26. The van der Waals surface area contributed by atoms with Gasteiger partial charge in [-0.05, 0) is 35.9 Å². The van der Waals surface area contributed by atoms with Gasteiger partial charge in [-0.3, -0.25) is 9.59 Å². The average molecular weight is 442 g/mol. The summed E-state index contributed by atoms with van der Waals surface area (Å²) >= 11 is 1.29. The number of thiophene rings is 1. The van der Waals surface area contributed by atoms with Crippen LogP contribution in [0, 0.1) is 0 Å². The number of hydrogen-bond acceptors (Lipinski definition) is 5. The number of hydrogen-bond donors (Lipinski definition) is 3. The highest BCUT2D eigenvalue weighted by Gasteiger charge is 2.26. The summed E-state index contributed by atoms with van der Waals surface area (Å²) in [5.74, 6) is -1.34. The molecule has 7 nitrogen and oxygen atoms in total. The van der Waals surface area contributed by atoms with Gasteiger partial charge in [0.25, 0.3) is 11.8 Å². The van der Waals surface area contributed by atoms with Crippen molar-refractivity contribution in [3.63, 3.8) is 0 Å². The molecule has 0 aliphatic rings. The molecule has 0 saturated carbocycles. The Morgan fingerprint density at radius 2 is 1.84 bits per heavy atom. The molecule has 0 spiro atoms. The molecule has 1 unspecified atom stereocenters. The van der Waals surface area contributed by atoms with E-state index in [9.17, 15) is 14.4 Å². The van der Waals surface area contributed by atoms with Crippen LogP contribution < -0.4 is 10.6 Å². The first-order chi connectivity index (χ1) is 15.0. The van der Waals surface area contributed by atoms with Crippen molar-refractivity contribution in [2.75, 3.05) is 6.61 Å². The number of fused-ring (bicyclic) bond motifs is 1. The summed E-state index contributed by atoms with van der Waals surface area (Å²) in [6.45, 7) is 3.59. The third-order valence-electron chi connectivity index (χ3n) is 5.13. The van der Waals surface area contributed by atoms with Crippen LogP contribution in [0.2, 0.25) is 0 Å². The highest BCUT2D eigenvalue weighted by molar-refractivity contribution is 7.12. The molecule has 1 aromatic carbocycles. The number of nitrogens with one attached hydrogen (secondary N) is 3. The van der Waals surface area contributed by atoms with Crippen LogP contribution in [-0.2, 0) is 20.7 Å². The number of esters is 1. The van der Waals surface area contributed by atoms with Gasteiger partial charge in [0.2, 0.25) is 0 Å². The zero-order valence-corrected chi connectivity index (χ0v) is 18.5. The zero-order chi connectivity index (χ0) is 22.2. The van der Waals surface area contributed by atoms with Crippen molar-refractivity contribution in [3.05, 3.63) is 58.4 Å². The number of benzene rings is 1. The molecule has 2 heterocycles. The van der Waals surface area contributed by atoms with Crippen LogP contribution in [0.5, 0.6) is 0 Å². The lowest BCUT2D eigenvalue weighted by molar-refractivity contribution is -0.150. The van der Waals surface area contributed by atoms with Crippen molar-refractivity contribution >= 4 is 40.0 Å². The van der Waals surface area contributed by atoms with Crippen molar-refractivity contribution in [2.45, 2.75) is 45.2 Å². The SMILES string of the molecule is CCC(CC)NC(=O)COC(=O)C(Cc1c[nH]c2ccccc12)NC(=O)c1cccs1. The van der Waals surface area contributed by atoms with Gasteiger partial charge in [-0.1, -0.05) is 38.1 Å². The van der Waals surface area contributed by atoms with Gasteiger partial charge in [-0.2, -0.15) is 0 Å². The smallest absolute Gasteiger partial charge is 0.329 e. The lowest BCUT2D eigenvalue weighted by Crippen LogP contribution is -2.44. The van der Waals surface area contributed by atoms with E-state index in [2.05, 4.69) is 15.6 Å². The van der Waals surface area contributed by atoms with Gasteiger partial charge in [-0.15, -0.1) is 11.3 Å².